The summed E-state index contributed by atoms with van der Waals surface area (Å²) in [5.74, 6) is -0.498. The van der Waals surface area contributed by atoms with Crippen LogP contribution in [0.4, 0.5) is 10.5 Å². The maximum absolute atomic E-state index is 11.5. The summed E-state index contributed by atoms with van der Waals surface area (Å²) in [5, 5.41) is 13.6. The number of amides is 2. The highest BCUT2D eigenvalue weighted by molar-refractivity contribution is 5.89. The lowest BCUT2D eigenvalue weighted by Gasteiger charge is -2.10. The van der Waals surface area contributed by atoms with Crippen molar-refractivity contribution in [3.63, 3.8) is 0 Å². The number of urea groups is 1. The molecule has 1 aromatic rings. The first-order valence-electron chi connectivity index (χ1n) is 6.59. The third-order valence-corrected chi connectivity index (χ3v) is 3.19. The Morgan fingerprint density at radius 2 is 2.05 bits per heavy atom. The zero-order valence-corrected chi connectivity index (χ0v) is 11.1. The fourth-order valence-electron chi connectivity index (χ4n) is 2.09. The van der Waals surface area contributed by atoms with Crippen LogP contribution < -0.4 is 10.6 Å². The molecular formula is C14H18N2O4. The quantitative estimate of drug-likeness (QED) is 0.766. The van der Waals surface area contributed by atoms with Gasteiger partial charge in [0.05, 0.1) is 13.0 Å². The van der Waals surface area contributed by atoms with Gasteiger partial charge in [-0.2, -0.15) is 0 Å². The van der Waals surface area contributed by atoms with Gasteiger partial charge in [-0.3, -0.25) is 4.79 Å². The number of anilines is 1. The molecule has 0 aliphatic carbocycles. The molecule has 1 aliphatic rings. The largest absolute Gasteiger partial charge is 0.481 e. The van der Waals surface area contributed by atoms with E-state index in [1.54, 1.807) is 0 Å². The molecule has 0 spiro atoms. The summed E-state index contributed by atoms with van der Waals surface area (Å²) in [6.45, 7) is 1.66. The van der Waals surface area contributed by atoms with Crippen molar-refractivity contribution in [1.82, 2.24) is 5.32 Å². The number of nitrogens with one attached hydrogen (secondary N) is 2. The molecule has 0 radical (unpaired) electrons. The molecule has 6 heteroatoms. The van der Waals surface area contributed by atoms with Crippen LogP contribution in [0, 0.1) is 0 Å². The molecule has 2 rings (SSSR count). The van der Waals surface area contributed by atoms with E-state index in [4.69, 9.17) is 9.84 Å². The Hall–Kier alpha value is -2.08. The normalized spacial score (nSPS) is 17.7. The van der Waals surface area contributed by atoms with Gasteiger partial charge in [-0.1, -0.05) is 12.1 Å². The van der Waals surface area contributed by atoms with Crippen LogP contribution in [0.25, 0.3) is 0 Å². The van der Waals surface area contributed by atoms with E-state index in [0.29, 0.717) is 11.6 Å². The summed E-state index contributed by atoms with van der Waals surface area (Å²) in [6.07, 6.45) is 0.941. The standard InChI is InChI=1S/C14H18N2O4/c17-13(18)5-7-15-14(19)16-12-3-1-10(2-4-12)11-6-8-20-9-11/h1-4,11H,5-9H2,(H,17,18)(H2,15,16,19). The summed E-state index contributed by atoms with van der Waals surface area (Å²) < 4.78 is 5.34. The second kappa shape index (κ2) is 6.91. The van der Waals surface area contributed by atoms with Gasteiger partial charge in [-0.25, -0.2) is 4.79 Å². The third-order valence-electron chi connectivity index (χ3n) is 3.19. The van der Waals surface area contributed by atoms with Gasteiger partial charge >= 0.3 is 12.0 Å². The maximum atomic E-state index is 11.5. The van der Waals surface area contributed by atoms with Gasteiger partial charge in [0.1, 0.15) is 0 Å². The van der Waals surface area contributed by atoms with Gasteiger partial charge in [0.15, 0.2) is 0 Å². The number of carbonyl (C=O) groups is 2. The molecule has 108 valence electrons. The predicted octanol–water partition coefficient (Wildman–Crippen LogP) is 1.79. The van der Waals surface area contributed by atoms with E-state index in [1.165, 1.54) is 5.56 Å². The van der Waals surface area contributed by atoms with Crippen molar-refractivity contribution >= 4 is 17.7 Å². The highest BCUT2D eigenvalue weighted by Crippen LogP contribution is 2.25. The van der Waals surface area contributed by atoms with Gasteiger partial charge in [0.2, 0.25) is 0 Å². The minimum Gasteiger partial charge on any atom is -0.481 e. The second-order valence-electron chi connectivity index (χ2n) is 4.71. The van der Waals surface area contributed by atoms with Crippen molar-refractivity contribution in [2.75, 3.05) is 25.1 Å². The van der Waals surface area contributed by atoms with E-state index in [0.717, 1.165) is 19.6 Å². The van der Waals surface area contributed by atoms with Crippen molar-refractivity contribution in [3.8, 4) is 0 Å². The number of benzene rings is 1. The summed E-state index contributed by atoms with van der Waals surface area (Å²) in [4.78, 5) is 21.8. The van der Waals surface area contributed by atoms with Crippen LogP contribution in [0.1, 0.15) is 24.3 Å². The number of aliphatic carboxylic acids is 1. The molecule has 0 saturated carbocycles. The van der Waals surface area contributed by atoms with E-state index in [1.807, 2.05) is 24.3 Å². The number of hydrogen-bond acceptors (Lipinski definition) is 3. The van der Waals surface area contributed by atoms with Crippen molar-refractivity contribution < 1.29 is 19.4 Å². The molecule has 1 heterocycles. The van der Waals surface area contributed by atoms with Gasteiger partial charge in [-0.15, -0.1) is 0 Å². The number of carboxylic acids is 1. The van der Waals surface area contributed by atoms with Crippen LogP contribution in [0.2, 0.25) is 0 Å². The molecule has 20 heavy (non-hydrogen) atoms. The Balaban J connectivity index is 1.80. The first kappa shape index (κ1) is 14.3. The van der Waals surface area contributed by atoms with Gasteiger partial charge in [0.25, 0.3) is 0 Å². The lowest BCUT2D eigenvalue weighted by Crippen LogP contribution is -2.30. The number of ether oxygens (including phenoxy) is 1. The molecular weight excluding hydrogens is 260 g/mol. The van der Waals surface area contributed by atoms with Crippen LogP contribution in [0.15, 0.2) is 24.3 Å². The molecule has 1 aromatic carbocycles. The number of carbonyl (C=O) groups excluding carboxylic acids is 1. The molecule has 1 atom stereocenters. The molecule has 0 aromatic heterocycles. The Bertz CT molecular complexity index is 467. The predicted molar refractivity (Wildman–Crippen MR) is 73.9 cm³/mol. The fourth-order valence-corrected chi connectivity index (χ4v) is 2.09. The molecule has 2 amide bonds. The zero-order valence-electron chi connectivity index (χ0n) is 11.1. The van der Waals surface area contributed by atoms with Crippen LogP contribution >= 0.6 is 0 Å². The fraction of sp³-hybridized carbons (Fsp3) is 0.429. The van der Waals surface area contributed by atoms with Crippen LogP contribution in [-0.2, 0) is 9.53 Å². The van der Waals surface area contributed by atoms with Crippen molar-refractivity contribution in [1.29, 1.82) is 0 Å². The van der Waals surface area contributed by atoms with Crippen molar-refractivity contribution in [3.05, 3.63) is 29.8 Å². The van der Waals surface area contributed by atoms with Crippen LogP contribution in [-0.4, -0.2) is 36.9 Å². The Morgan fingerprint density at radius 1 is 1.30 bits per heavy atom. The lowest BCUT2D eigenvalue weighted by atomic mass is 9.98. The summed E-state index contributed by atoms with van der Waals surface area (Å²) >= 11 is 0. The Labute approximate surface area is 117 Å². The Morgan fingerprint density at radius 3 is 2.65 bits per heavy atom. The highest BCUT2D eigenvalue weighted by atomic mass is 16.5. The molecule has 1 saturated heterocycles. The van der Waals surface area contributed by atoms with Gasteiger partial charge < -0.3 is 20.5 Å². The minimum atomic E-state index is -0.937. The molecule has 1 aliphatic heterocycles. The molecule has 6 nitrogen and oxygen atoms in total. The number of carboxylic acid groups (broad SMARTS) is 1. The molecule has 3 N–H and O–H groups in total. The first-order valence-corrected chi connectivity index (χ1v) is 6.59. The van der Waals surface area contributed by atoms with Crippen LogP contribution in [0.5, 0.6) is 0 Å². The topological polar surface area (TPSA) is 87.7 Å². The zero-order chi connectivity index (χ0) is 14.4. The Kier molecular flexibility index (Phi) is 4.95. The van der Waals surface area contributed by atoms with E-state index in [9.17, 15) is 9.59 Å². The molecule has 1 fully saturated rings. The summed E-state index contributed by atoms with van der Waals surface area (Å²) in [6, 6.07) is 7.23. The number of rotatable bonds is 5. The third kappa shape index (κ3) is 4.24. The number of hydrogen-bond donors (Lipinski definition) is 3. The van der Waals surface area contributed by atoms with E-state index in [2.05, 4.69) is 10.6 Å². The summed E-state index contributed by atoms with van der Waals surface area (Å²) in [7, 11) is 0. The lowest BCUT2D eigenvalue weighted by molar-refractivity contribution is -0.136. The average Bonchev–Trinajstić information content (AvgIpc) is 2.93. The molecule has 0 bridgehead atoms. The first-order chi connectivity index (χ1) is 9.65. The van der Waals surface area contributed by atoms with Gasteiger partial charge in [-0.05, 0) is 24.1 Å². The maximum Gasteiger partial charge on any atom is 0.319 e. The SMILES string of the molecule is O=C(O)CCNC(=O)Nc1ccc(C2CCOC2)cc1. The van der Waals surface area contributed by atoms with Crippen molar-refractivity contribution in [2.24, 2.45) is 0 Å². The van der Waals surface area contributed by atoms with Crippen molar-refractivity contribution in [2.45, 2.75) is 18.8 Å². The molecule has 1 unspecified atom stereocenters. The summed E-state index contributed by atoms with van der Waals surface area (Å²) in [5.41, 5.74) is 1.89. The second-order valence-corrected chi connectivity index (χ2v) is 4.71. The minimum absolute atomic E-state index is 0.0892. The average molecular weight is 278 g/mol. The van der Waals surface area contributed by atoms with E-state index < -0.39 is 12.0 Å². The monoisotopic (exact) mass is 278 g/mol. The highest BCUT2D eigenvalue weighted by Gasteiger charge is 2.17. The van der Waals surface area contributed by atoms with E-state index in [-0.39, 0.29) is 13.0 Å². The van der Waals surface area contributed by atoms with Gasteiger partial charge in [0, 0.05) is 24.8 Å². The smallest absolute Gasteiger partial charge is 0.319 e. The van der Waals surface area contributed by atoms with Crippen LogP contribution in [0.3, 0.4) is 0 Å². The van der Waals surface area contributed by atoms with E-state index >= 15 is 0 Å².